The highest BCUT2D eigenvalue weighted by Crippen LogP contribution is 2.15. The van der Waals surface area contributed by atoms with Crippen LogP contribution in [0.3, 0.4) is 0 Å². The van der Waals surface area contributed by atoms with Crippen LogP contribution in [0, 0.1) is 11.6 Å². The van der Waals surface area contributed by atoms with Crippen LogP contribution in [-0.2, 0) is 6.42 Å². The normalized spacial score (nSPS) is 12.7. The van der Waals surface area contributed by atoms with E-state index >= 15 is 0 Å². The van der Waals surface area contributed by atoms with E-state index in [1.807, 2.05) is 0 Å². The third kappa shape index (κ3) is 4.82. The molecule has 2 N–H and O–H groups in total. The molecule has 3 heteroatoms. The Morgan fingerprint density at radius 3 is 2.35 bits per heavy atom. The van der Waals surface area contributed by atoms with Crippen molar-refractivity contribution in [3.8, 4) is 0 Å². The molecule has 1 aromatic carbocycles. The van der Waals surface area contributed by atoms with E-state index in [0.717, 1.165) is 19.3 Å². The quantitative estimate of drug-likeness (QED) is 0.722. The highest BCUT2D eigenvalue weighted by Gasteiger charge is 2.12. The molecule has 0 aromatic heterocycles. The molecular weight excluding hydrogens is 220 g/mol. The second kappa shape index (κ2) is 7.38. The fraction of sp³-hybridized carbons (Fsp3) is 0.571. The Morgan fingerprint density at radius 1 is 1.12 bits per heavy atom. The zero-order valence-electron chi connectivity index (χ0n) is 10.4. The highest BCUT2D eigenvalue weighted by molar-refractivity contribution is 5.20. The molecule has 0 heterocycles. The third-order valence-corrected chi connectivity index (χ3v) is 2.96. The molecule has 1 rings (SSSR count). The molecule has 1 aromatic rings. The predicted octanol–water partition coefficient (Wildman–Crippen LogP) is 3.81. The third-order valence-electron chi connectivity index (χ3n) is 2.96. The molecule has 96 valence electrons. The van der Waals surface area contributed by atoms with Crippen molar-refractivity contribution in [3.05, 3.63) is 35.4 Å². The maximum absolute atomic E-state index is 13.4. The number of unbranched alkanes of at least 4 members (excludes halogenated alkanes) is 3. The number of hydrogen-bond acceptors (Lipinski definition) is 1. The van der Waals surface area contributed by atoms with Crippen molar-refractivity contribution in [1.82, 2.24) is 0 Å². The van der Waals surface area contributed by atoms with Gasteiger partial charge in [-0.2, -0.15) is 0 Å². The fourth-order valence-electron chi connectivity index (χ4n) is 1.92. The van der Waals surface area contributed by atoms with Gasteiger partial charge in [0.25, 0.3) is 0 Å². The van der Waals surface area contributed by atoms with E-state index in [2.05, 4.69) is 6.92 Å². The van der Waals surface area contributed by atoms with Crippen molar-refractivity contribution in [1.29, 1.82) is 0 Å². The lowest BCUT2D eigenvalue weighted by molar-refractivity contribution is 0.505. The smallest absolute Gasteiger partial charge is 0.129 e. The second-order valence-electron chi connectivity index (χ2n) is 4.51. The van der Waals surface area contributed by atoms with Gasteiger partial charge in [-0.05, 0) is 25.0 Å². The van der Waals surface area contributed by atoms with Crippen LogP contribution in [0.25, 0.3) is 0 Å². The molecule has 0 radical (unpaired) electrons. The average molecular weight is 241 g/mol. The van der Waals surface area contributed by atoms with Gasteiger partial charge in [0.15, 0.2) is 0 Å². The molecule has 0 aliphatic carbocycles. The molecule has 0 saturated heterocycles. The van der Waals surface area contributed by atoms with Crippen molar-refractivity contribution in [2.75, 3.05) is 0 Å². The summed E-state index contributed by atoms with van der Waals surface area (Å²) < 4.78 is 26.7. The van der Waals surface area contributed by atoms with E-state index in [9.17, 15) is 8.78 Å². The number of hydrogen-bond donors (Lipinski definition) is 1. The first-order valence-electron chi connectivity index (χ1n) is 6.33. The SMILES string of the molecule is CCCCCCC(N)Cc1c(F)cccc1F. The molecule has 1 atom stereocenters. The van der Waals surface area contributed by atoms with Gasteiger partial charge < -0.3 is 5.73 Å². The minimum Gasteiger partial charge on any atom is -0.327 e. The minimum absolute atomic E-state index is 0.121. The maximum Gasteiger partial charge on any atom is 0.129 e. The number of rotatable bonds is 7. The van der Waals surface area contributed by atoms with Crippen LogP contribution < -0.4 is 5.73 Å². The van der Waals surface area contributed by atoms with E-state index in [-0.39, 0.29) is 18.0 Å². The molecule has 0 aliphatic rings. The summed E-state index contributed by atoms with van der Waals surface area (Å²) in [4.78, 5) is 0. The van der Waals surface area contributed by atoms with E-state index in [0.29, 0.717) is 0 Å². The van der Waals surface area contributed by atoms with Gasteiger partial charge in [0, 0.05) is 11.6 Å². The van der Waals surface area contributed by atoms with Gasteiger partial charge in [0.05, 0.1) is 0 Å². The van der Waals surface area contributed by atoms with Crippen molar-refractivity contribution in [2.45, 2.75) is 51.5 Å². The summed E-state index contributed by atoms with van der Waals surface area (Å²) in [5, 5.41) is 0. The summed E-state index contributed by atoms with van der Waals surface area (Å²) in [6.45, 7) is 2.15. The van der Waals surface area contributed by atoms with Gasteiger partial charge in [-0.3, -0.25) is 0 Å². The van der Waals surface area contributed by atoms with Crippen LogP contribution in [0.4, 0.5) is 8.78 Å². The Kier molecular flexibility index (Phi) is 6.12. The molecule has 0 fully saturated rings. The number of nitrogens with two attached hydrogens (primary N) is 1. The van der Waals surface area contributed by atoms with E-state index < -0.39 is 11.6 Å². The number of benzene rings is 1. The molecule has 0 bridgehead atoms. The van der Waals surface area contributed by atoms with Gasteiger partial charge in [-0.25, -0.2) is 8.78 Å². The Balaban J connectivity index is 2.42. The first-order valence-corrected chi connectivity index (χ1v) is 6.33. The molecule has 0 saturated carbocycles. The van der Waals surface area contributed by atoms with Crippen molar-refractivity contribution < 1.29 is 8.78 Å². The van der Waals surface area contributed by atoms with Crippen LogP contribution >= 0.6 is 0 Å². The van der Waals surface area contributed by atoms with Crippen molar-refractivity contribution in [3.63, 3.8) is 0 Å². The monoisotopic (exact) mass is 241 g/mol. The fourth-order valence-corrected chi connectivity index (χ4v) is 1.92. The highest BCUT2D eigenvalue weighted by atomic mass is 19.1. The Bertz CT molecular complexity index is 319. The van der Waals surface area contributed by atoms with Gasteiger partial charge in [-0.15, -0.1) is 0 Å². The van der Waals surface area contributed by atoms with Gasteiger partial charge in [0.1, 0.15) is 11.6 Å². The van der Waals surface area contributed by atoms with Gasteiger partial charge >= 0.3 is 0 Å². The average Bonchev–Trinajstić information content (AvgIpc) is 2.30. The Hall–Kier alpha value is -0.960. The lowest BCUT2D eigenvalue weighted by atomic mass is 10.00. The van der Waals surface area contributed by atoms with E-state index in [1.165, 1.54) is 31.0 Å². The standard InChI is InChI=1S/C14H21F2N/c1-2-3-4-5-7-11(17)10-12-13(15)8-6-9-14(12)16/h6,8-9,11H,2-5,7,10,17H2,1H3. The van der Waals surface area contributed by atoms with E-state index in [1.54, 1.807) is 0 Å². The number of halogens is 2. The first-order chi connectivity index (χ1) is 8.15. The molecule has 17 heavy (non-hydrogen) atoms. The Labute approximate surface area is 102 Å². The summed E-state index contributed by atoms with van der Waals surface area (Å²) in [6, 6.07) is 3.78. The van der Waals surface area contributed by atoms with Crippen LogP contribution in [0.15, 0.2) is 18.2 Å². The molecule has 0 aliphatic heterocycles. The van der Waals surface area contributed by atoms with Crippen LogP contribution in [0.5, 0.6) is 0 Å². The lowest BCUT2D eigenvalue weighted by Gasteiger charge is -2.12. The summed E-state index contributed by atoms with van der Waals surface area (Å²) in [5.74, 6) is -0.983. The second-order valence-corrected chi connectivity index (χ2v) is 4.51. The molecule has 0 spiro atoms. The molecule has 1 nitrogen and oxygen atoms in total. The van der Waals surface area contributed by atoms with Crippen molar-refractivity contribution >= 4 is 0 Å². The zero-order valence-corrected chi connectivity index (χ0v) is 10.4. The minimum atomic E-state index is -0.492. The predicted molar refractivity (Wildman–Crippen MR) is 66.8 cm³/mol. The zero-order chi connectivity index (χ0) is 12.7. The van der Waals surface area contributed by atoms with Crippen LogP contribution in [0.2, 0.25) is 0 Å². The van der Waals surface area contributed by atoms with Crippen LogP contribution in [0.1, 0.15) is 44.6 Å². The molecule has 1 unspecified atom stereocenters. The Morgan fingerprint density at radius 2 is 1.76 bits per heavy atom. The summed E-state index contributed by atoms with van der Waals surface area (Å²) in [5.41, 5.74) is 6.01. The summed E-state index contributed by atoms with van der Waals surface area (Å²) >= 11 is 0. The van der Waals surface area contributed by atoms with Crippen LogP contribution in [-0.4, -0.2) is 6.04 Å². The topological polar surface area (TPSA) is 26.0 Å². The van der Waals surface area contributed by atoms with Gasteiger partial charge in [-0.1, -0.05) is 38.7 Å². The lowest BCUT2D eigenvalue weighted by Crippen LogP contribution is -2.23. The maximum atomic E-state index is 13.4. The molecule has 0 amide bonds. The van der Waals surface area contributed by atoms with E-state index in [4.69, 9.17) is 5.73 Å². The molecular formula is C14H21F2N. The van der Waals surface area contributed by atoms with Gasteiger partial charge in [0.2, 0.25) is 0 Å². The summed E-state index contributed by atoms with van der Waals surface area (Å²) in [6.07, 6.45) is 5.66. The first kappa shape index (κ1) is 14.1. The largest absolute Gasteiger partial charge is 0.327 e. The van der Waals surface area contributed by atoms with Crippen molar-refractivity contribution in [2.24, 2.45) is 5.73 Å². The summed E-state index contributed by atoms with van der Waals surface area (Å²) in [7, 11) is 0.